The molecule has 4 rings (SSSR count). The van der Waals surface area contributed by atoms with Gasteiger partial charge in [-0.2, -0.15) is 10.2 Å². The Labute approximate surface area is 195 Å². The van der Waals surface area contributed by atoms with Gasteiger partial charge in [0.1, 0.15) is 11.5 Å². The summed E-state index contributed by atoms with van der Waals surface area (Å²) in [4.78, 5) is 22.1. The second-order valence-corrected chi connectivity index (χ2v) is 7.74. The molecule has 0 fully saturated rings. The van der Waals surface area contributed by atoms with Gasteiger partial charge < -0.3 is 22.1 Å². The molecule has 6 N–H and O–H groups in total. The summed E-state index contributed by atoms with van der Waals surface area (Å²) in [6.07, 6.45) is 4.65. The van der Waals surface area contributed by atoms with Crippen LogP contribution in [0.15, 0.2) is 61.1 Å². The van der Waals surface area contributed by atoms with Crippen LogP contribution in [0.2, 0.25) is 0 Å². The van der Waals surface area contributed by atoms with E-state index in [0.29, 0.717) is 17.1 Å². The second-order valence-electron chi connectivity index (χ2n) is 7.74. The van der Waals surface area contributed by atoms with Gasteiger partial charge in [0.2, 0.25) is 0 Å². The fourth-order valence-corrected chi connectivity index (χ4v) is 3.47. The Kier molecular flexibility index (Phi) is 6.46. The predicted molar refractivity (Wildman–Crippen MR) is 126 cm³/mol. The van der Waals surface area contributed by atoms with Crippen molar-refractivity contribution in [1.82, 2.24) is 25.0 Å². The molecule has 174 valence electrons. The molecule has 4 aromatic rings. The van der Waals surface area contributed by atoms with Crippen molar-refractivity contribution < 1.29 is 9.18 Å². The molecule has 0 spiro atoms. The summed E-state index contributed by atoms with van der Waals surface area (Å²) in [5.74, 6) is -1.57. The Bertz CT molecular complexity index is 1290. The van der Waals surface area contributed by atoms with Crippen LogP contribution in [0.25, 0.3) is 5.69 Å². The number of benzene rings is 1. The number of nitrogens with one attached hydrogen (secondary N) is 2. The molecule has 0 saturated heterocycles. The molecule has 3 heterocycles. The number of hydrogen-bond acceptors (Lipinski definition) is 8. The van der Waals surface area contributed by atoms with Crippen LogP contribution < -0.4 is 22.1 Å². The van der Waals surface area contributed by atoms with Crippen molar-refractivity contribution in [2.75, 3.05) is 10.6 Å². The van der Waals surface area contributed by atoms with E-state index >= 15 is 0 Å². The molecule has 0 unspecified atom stereocenters. The van der Waals surface area contributed by atoms with E-state index in [1.165, 1.54) is 4.80 Å². The SMILES string of the molecule is Cc1ncc(Nc2nc(N[C@H](c3ccccc3)[C@H](C)N)c(F)cc2C(N)=O)cc1-n1nccn1. The number of amides is 1. The molecular formula is C23H24FN9O. The fraction of sp³-hybridized carbons (Fsp3) is 0.174. The Balaban J connectivity index is 1.71. The van der Waals surface area contributed by atoms with E-state index in [0.717, 1.165) is 11.6 Å². The zero-order valence-electron chi connectivity index (χ0n) is 18.6. The maximum absolute atomic E-state index is 14.9. The van der Waals surface area contributed by atoms with Crippen LogP contribution in [0.4, 0.5) is 21.7 Å². The largest absolute Gasteiger partial charge is 0.365 e. The quantitative estimate of drug-likeness (QED) is 0.313. The van der Waals surface area contributed by atoms with E-state index in [4.69, 9.17) is 11.5 Å². The number of hydrogen-bond donors (Lipinski definition) is 4. The number of pyridine rings is 2. The summed E-state index contributed by atoms with van der Waals surface area (Å²) in [5.41, 5.74) is 14.2. The Hall–Kier alpha value is -4.38. The first-order valence-electron chi connectivity index (χ1n) is 10.5. The average Bonchev–Trinajstić information content (AvgIpc) is 3.35. The van der Waals surface area contributed by atoms with Crippen LogP contribution in [0, 0.1) is 12.7 Å². The van der Waals surface area contributed by atoms with E-state index < -0.39 is 17.8 Å². The molecule has 10 nitrogen and oxygen atoms in total. The number of nitrogens with zero attached hydrogens (tertiary/aromatic N) is 5. The Morgan fingerprint density at radius 3 is 2.47 bits per heavy atom. The molecule has 1 amide bonds. The van der Waals surface area contributed by atoms with Gasteiger partial charge in [-0.05, 0) is 31.5 Å². The van der Waals surface area contributed by atoms with Crippen LogP contribution in [0.1, 0.15) is 34.6 Å². The van der Waals surface area contributed by atoms with E-state index in [9.17, 15) is 9.18 Å². The molecule has 0 aliphatic rings. The monoisotopic (exact) mass is 461 g/mol. The molecule has 0 bridgehead atoms. The van der Waals surface area contributed by atoms with Crippen molar-refractivity contribution in [2.24, 2.45) is 11.5 Å². The minimum atomic E-state index is -0.832. The van der Waals surface area contributed by atoms with Crippen LogP contribution in [0.3, 0.4) is 0 Å². The number of carbonyl (C=O) groups excluding carboxylic acids is 1. The highest BCUT2D eigenvalue weighted by atomic mass is 19.1. The number of nitrogens with two attached hydrogens (primary N) is 2. The van der Waals surface area contributed by atoms with E-state index in [1.54, 1.807) is 24.7 Å². The van der Waals surface area contributed by atoms with Crippen molar-refractivity contribution in [2.45, 2.75) is 25.9 Å². The molecule has 11 heteroatoms. The molecule has 1 aromatic carbocycles. The summed E-state index contributed by atoms with van der Waals surface area (Å²) in [7, 11) is 0. The highest BCUT2D eigenvalue weighted by Crippen LogP contribution is 2.28. The summed E-state index contributed by atoms with van der Waals surface area (Å²) < 4.78 is 14.9. The standard InChI is InChI=1S/C23H24FN9O/c1-13(25)20(15-6-4-3-5-7-15)31-23-18(24)11-17(21(26)34)22(32-23)30-16-10-19(14(2)27-12-16)33-28-8-9-29-33/h3-13,20H,25H2,1-2H3,(H2,26,34)(H2,30,31,32)/t13-,20-/m0/s1. The van der Waals surface area contributed by atoms with Crippen molar-refractivity contribution in [3.63, 3.8) is 0 Å². The third-order valence-corrected chi connectivity index (χ3v) is 5.18. The molecule has 2 atom stereocenters. The van der Waals surface area contributed by atoms with Crippen molar-refractivity contribution in [3.05, 3.63) is 83.7 Å². The normalized spacial score (nSPS) is 12.7. The lowest BCUT2D eigenvalue weighted by Gasteiger charge is -2.24. The van der Waals surface area contributed by atoms with Crippen LogP contribution >= 0.6 is 0 Å². The lowest BCUT2D eigenvalue weighted by Crippen LogP contribution is -2.31. The summed E-state index contributed by atoms with van der Waals surface area (Å²) in [5, 5.41) is 14.3. The molecule has 0 radical (unpaired) electrons. The number of rotatable bonds is 8. The van der Waals surface area contributed by atoms with E-state index in [1.807, 2.05) is 44.2 Å². The van der Waals surface area contributed by atoms with Crippen LogP contribution in [-0.4, -0.2) is 36.9 Å². The van der Waals surface area contributed by atoms with Gasteiger partial charge >= 0.3 is 0 Å². The summed E-state index contributed by atoms with van der Waals surface area (Å²) in [6, 6.07) is 11.4. The Morgan fingerprint density at radius 1 is 1.12 bits per heavy atom. The maximum atomic E-state index is 14.9. The number of carbonyl (C=O) groups is 1. The average molecular weight is 462 g/mol. The summed E-state index contributed by atoms with van der Waals surface area (Å²) in [6.45, 7) is 3.62. The predicted octanol–water partition coefficient (Wildman–Crippen LogP) is 2.85. The fourth-order valence-electron chi connectivity index (χ4n) is 3.47. The maximum Gasteiger partial charge on any atom is 0.252 e. The lowest BCUT2D eigenvalue weighted by molar-refractivity contribution is 0.100. The first kappa shape index (κ1) is 22.8. The van der Waals surface area contributed by atoms with Crippen molar-refractivity contribution >= 4 is 23.2 Å². The van der Waals surface area contributed by atoms with Crippen LogP contribution in [-0.2, 0) is 0 Å². The van der Waals surface area contributed by atoms with Gasteiger partial charge in [-0.1, -0.05) is 30.3 Å². The van der Waals surface area contributed by atoms with Gasteiger partial charge in [0, 0.05) is 6.04 Å². The van der Waals surface area contributed by atoms with Gasteiger partial charge in [0.15, 0.2) is 11.6 Å². The second kappa shape index (κ2) is 9.63. The third-order valence-electron chi connectivity index (χ3n) is 5.18. The lowest BCUT2D eigenvalue weighted by atomic mass is 10.0. The summed E-state index contributed by atoms with van der Waals surface area (Å²) >= 11 is 0. The van der Waals surface area contributed by atoms with Gasteiger partial charge in [0.25, 0.3) is 5.91 Å². The van der Waals surface area contributed by atoms with Crippen molar-refractivity contribution in [1.29, 1.82) is 0 Å². The minimum absolute atomic E-state index is 0.0675. The highest BCUT2D eigenvalue weighted by Gasteiger charge is 2.22. The Morgan fingerprint density at radius 2 is 1.82 bits per heavy atom. The smallest absolute Gasteiger partial charge is 0.252 e. The van der Waals surface area contributed by atoms with E-state index in [-0.39, 0.29) is 23.2 Å². The third kappa shape index (κ3) is 4.84. The van der Waals surface area contributed by atoms with Gasteiger partial charge in [-0.25, -0.2) is 9.37 Å². The first-order valence-corrected chi connectivity index (χ1v) is 10.5. The number of primary amides is 1. The van der Waals surface area contributed by atoms with Gasteiger partial charge in [0.05, 0.1) is 41.6 Å². The first-order chi connectivity index (χ1) is 16.3. The molecular weight excluding hydrogens is 437 g/mol. The molecule has 34 heavy (non-hydrogen) atoms. The number of anilines is 3. The zero-order chi connectivity index (χ0) is 24.2. The topological polar surface area (TPSA) is 150 Å². The van der Waals surface area contributed by atoms with Crippen molar-refractivity contribution in [3.8, 4) is 5.69 Å². The molecule has 0 aliphatic heterocycles. The molecule has 0 aliphatic carbocycles. The minimum Gasteiger partial charge on any atom is -0.365 e. The highest BCUT2D eigenvalue weighted by molar-refractivity contribution is 5.98. The molecule has 0 saturated carbocycles. The van der Waals surface area contributed by atoms with Gasteiger partial charge in [-0.3, -0.25) is 9.78 Å². The van der Waals surface area contributed by atoms with Gasteiger partial charge in [-0.15, -0.1) is 4.80 Å². The zero-order valence-corrected chi connectivity index (χ0v) is 18.6. The van der Waals surface area contributed by atoms with Crippen LogP contribution in [0.5, 0.6) is 0 Å². The van der Waals surface area contributed by atoms with E-state index in [2.05, 4.69) is 30.8 Å². The number of aryl methyl sites for hydroxylation is 1. The number of aromatic nitrogens is 5. The number of halogens is 1. The molecule has 3 aromatic heterocycles.